The molecular formula is C74H71Cl3N14O7. The topological polar surface area (TPSA) is 319 Å². The van der Waals surface area contributed by atoms with E-state index in [-0.39, 0.29) is 48.1 Å². The zero-order valence-corrected chi connectivity index (χ0v) is 57.1. The summed E-state index contributed by atoms with van der Waals surface area (Å²) in [4.78, 5) is 96.5. The molecule has 21 nitrogen and oxygen atoms in total. The third-order valence-corrected chi connectivity index (χ3v) is 16.8. The van der Waals surface area contributed by atoms with Gasteiger partial charge in [0.1, 0.15) is 11.6 Å². The third-order valence-electron chi connectivity index (χ3n) is 16.1. The minimum Gasteiger partial charge on any atom is -0.465 e. The van der Waals surface area contributed by atoms with Crippen molar-refractivity contribution >= 4 is 102 Å². The first-order valence-corrected chi connectivity index (χ1v) is 31.9. The molecule has 12 aromatic rings. The van der Waals surface area contributed by atoms with E-state index >= 15 is 0 Å². The van der Waals surface area contributed by atoms with Crippen molar-refractivity contribution in [3.8, 4) is 0 Å². The first-order chi connectivity index (χ1) is 46.9. The SMILES string of the molecule is COC(=O)c1ccnc(Cn2ccc3cc(Cl)ccc3c2=O)c1.Cc1cc(N)cc(C)c1CN.Cc1cc(N)nc(C)c1CNC(=O)c1ccnc(Cn2ccc3cc(Cl)ccc3c2=O)c1.Cc1cc(N)nc(C)c1CNC(=O)c1ccnc(Cn2ccc3cc(Cl)ccc3c2=O)c1. The highest BCUT2D eigenvalue weighted by atomic mass is 35.5. The average molecular weight is 1370 g/mol. The van der Waals surface area contributed by atoms with Gasteiger partial charge in [0.05, 0.1) is 49.4 Å². The Morgan fingerprint density at radius 2 is 0.786 bits per heavy atom. The molecule has 8 aromatic heterocycles. The molecule has 2 amide bonds. The lowest BCUT2D eigenvalue weighted by molar-refractivity contribution is 0.0600. The number of aromatic nitrogens is 8. The monoisotopic (exact) mass is 1370 g/mol. The number of halogens is 3. The Morgan fingerprint density at radius 3 is 1.12 bits per heavy atom. The number of hydrogen-bond acceptors (Lipinski definition) is 16. The molecule has 12 rings (SSSR count). The molecule has 24 heteroatoms. The van der Waals surface area contributed by atoms with Gasteiger partial charge in [-0.3, -0.25) is 38.9 Å². The van der Waals surface area contributed by atoms with Crippen LogP contribution in [0.2, 0.25) is 15.1 Å². The van der Waals surface area contributed by atoms with Crippen LogP contribution in [0.5, 0.6) is 0 Å². The van der Waals surface area contributed by atoms with Crippen LogP contribution in [0.4, 0.5) is 17.3 Å². The van der Waals surface area contributed by atoms with Crippen molar-refractivity contribution in [3.05, 3.63) is 301 Å². The molecule has 98 heavy (non-hydrogen) atoms. The lowest BCUT2D eigenvalue weighted by Gasteiger charge is -2.12. The Hall–Kier alpha value is -11.1. The van der Waals surface area contributed by atoms with Crippen molar-refractivity contribution in [1.29, 1.82) is 0 Å². The summed E-state index contributed by atoms with van der Waals surface area (Å²) in [7, 11) is 1.32. The summed E-state index contributed by atoms with van der Waals surface area (Å²) in [5.41, 5.74) is 35.3. The predicted molar refractivity (Wildman–Crippen MR) is 388 cm³/mol. The Balaban J connectivity index is 0.000000161. The van der Waals surface area contributed by atoms with E-state index in [0.29, 0.717) is 96.3 Å². The molecule has 0 saturated heterocycles. The number of pyridine rings is 8. The summed E-state index contributed by atoms with van der Waals surface area (Å²) in [5, 5.41) is 11.7. The molecule has 10 N–H and O–H groups in total. The molecule has 4 aromatic carbocycles. The number of rotatable bonds is 14. The van der Waals surface area contributed by atoms with E-state index in [4.69, 9.17) is 57.7 Å². The van der Waals surface area contributed by atoms with Crippen molar-refractivity contribution in [2.75, 3.05) is 24.3 Å². The molecule has 0 aliphatic rings. The zero-order chi connectivity index (χ0) is 70.5. The van der Waals surface area contributed by atoms with E-state index in [0.717, 1.165) is 55.5 Å². The van der Waals surface area contributed by atoms with Gasteiger partial charge >= 0.3 is 5.97 Å². The number of aryl methyl sites for hydroxylation is 6. The van der Waals surface area contributed by atoms with Crippen LogP contribution >= 0.6 is 34.8 Å². The zero-order valence-electron chi connectivity index (χ0n) is 54.8. The van der Waals surface area contributed by atoms with Gasteiger partial charge in [-0.05, 0) is 230 Å². The first kappa shape index (κ1) is 71.2. The number of carbonyl (C=O) groups excluding carboxylic acids is 3. The van der Waals surface area contributed by atoms with Gasteiger partial charge < -0.3 is 52.0 Å². The molecular weight excluding hydrogens is 1300 g/mol. The van der Waals surface area contributed by atoms with Crippen LogP contribution in [0.1, 0.15) is 98.5 Å². The van der Waals surface area contributed by atoms with Gasteiger partial charge in [-0.15, -0.1) is 0 Å². The van der Waals surface area contributed by atoms with Crippen molar-refractivity contribution in [2.45, 2.75) is 80.8 Å². The van der Waals surface area contributed by atoms with E-state index in [9.17, 15) is 28.8 Å². The van der Waals surface area contributed by atoms with Crippen LogP contribution in [0.25, 0.3) is 32.3 Å². The molecule has 0 aliphatic heterocycles. The Labute approximate surface area is 579 Å². The van der Waals surface area contributed by atoms with Gasteiger partial charge in [-0.1, -0.05) is 34.8 Å². The van der Waals surface area contributed by atoms with E-state index in [1.165, 1.54) is 30.0 Å². The first-order valence-electron chi connectivity index (χ1n) is 30.7. The number of esters is 1. The van der Waals surface area contributed by atoms with Gasteiger partial charge in [-0.2, -0.15) is 0 Å². The predicted octanol–water partition coefficient (Wildman–Crippen LogP) is 11.5. The van der Waals surface area contributed by atoms with Crippen molar-refractivity contribution < 1.29 is 19.1 Å². The number of methoxy groups -OCH3 is 1. The highest BCUT2D eigenvalue weighted by molar-refractivity contribution is 6.32. The maximum Gasteiger partial charge on any atom is 0.337 e. The molecule has 0 fully saturated rings. The Kier molecular flexibility index (Phi) is 23.3. The summed E-state index contributed by atoms with van der Waals surface area (Å²) in [6.45, 7) is 13.7. The fourth-order valence-electron chi connectivity index (χ4n) is 11.1. The molecule has 0 radical (unpaired) electrons. The lowest BCUT2D eigenvalue weighted by Crippen LogP contribution is -2.25. The molecule has 500 valence electrons. The van der Waals surface area contributed by atoms with E-state index in [1.54, 1.807) is 148 Å². The number of nitrogens with zero attached hydrogens (tertiary/aromatic N) is 8. The fourth-order valence-corrected chi connectivity index (χ4v) is 11.6. The second-order valence-electron chi connectivity index (χ2n) is 23.1. The van der Waals surface area contributed by atoms with Crippen LogP contribution in [0.3, 0.4) is 0 Å². The molecule has 0 atom stereocenters. The fraction of sp³-hybridized carbons (Fsp3) is 0.176. The smallest absolute Gasteiger partial charge is 0.337 e. The number of nitrogen functional groups attached to an aromatic ring is 3. The highest BCUT2D eigenvalue weighted by Gasteiger charge is 2.16. The van der Waals surface area contributed by atoms with Gasteiger partial charge in [0, 0.05) is 116 Å². The standard InChI is InChI=1S/2C24H22ClN5O2.C17H13ClN2O3.C9H14N2/c2*1-14-9-22(26)29-15(2)21(14)12-28-23(31)17-5-7-27-19(11-17)13-30-8-6-16-10-18(25)3-4-20(16)24(30)32;1-23-17(22)12-4-6-19-14(9-12)10-20-7-5-11-8-13(18)2-3-15(11)16(20)21;1-6-3-8(11)4-7(2)9(6)5-10/h2*3-11H,12-13H2,1-2H3,(H2,26,29)(H,28,31);2-9H,10H2,1H3;3-4H,5,10-11H2,1-2H3. The minimum absolute atomic E-state index is 0.135. The largest absolute Gasteiger partial charge is 0.465 e. The number of nitrogens with one attached hydrogen (secondary N) is 2. The maximum atomic E-state index is 12.8. The van der Waals surface area contributed by atoms with Crippen molar-refractivity contribution in [1.82, 2.24) is 49.3 Å². The number of fused-ring (bicyclic) bond motifs is 3. The number of hydrogen-bond donors (Lipinski definition) is 6. The molecule has 0 saturated carbocycles. The van der Waals surface area contributed by atoms with Crippen LogP contribution in [-0.2, 0) is 44.0 Å². The summed E-state index contributed by atoms with van der Waals surface area (Å²) >= 11 is 18.0. The molecule has 8 heterocycles. The minimum atomic E-state index is -0.436. The van der Waals surface area contributed by atoms with Crippen LogP contribution in [-0.4, -0.2) is 63.5 Å². The number of ether oxygens (including phenoxy) is 1. The van der Waals surface area contributed by atoms with E-state index < -0.39 is 5.97 Å². The van der Waals surface area contributed by atoms with E-state index in [2.05, 4.69) is 40.3 Å². The second kappa shape index (κ2) is 32.1. The molecule has 0 spiro atoms. The van der Waals surface area contributed by atoms with Crippen molar-refractivity contribution in [2.24, 2.45) is 5.73 Å². The van der Waals surface area contributed by atoms with Crippen LogP contribution in [0.15, 0.2) is 185 Å². The molecule has 0 unspecified atom stereocenters. The molecule has 0 aliphatic carbocycles. The Morgan fingerprint density at radius 1 is 0.449 bits per heavy atom. The van der Waals surface area contributed by atoms with E-state index in [1.807, 2.05) is 71.9 Å². The van der Waals surface area contributed by atoms with Crippen LogP contribution in [0, 0.1) is 41.5 Å². The number of amides is 2. The van der Waals surface area contributed by atoms with Gasteiger partial charge in [0.25, 0.3) is 28.5 Å². The maximum absolute atomic E-state index is 12.8. The van der Waals surface area contributed by atoms with Gasteiger partial charge in [0.2, 0.25) is 0 Å². The van der Waals surface area contributed by atoms with Gasteiger partial charge in [-0.25, -0.2) is 14.8 Å². The summed E-state index contributed by atoms with van der Waals surface area (Å²) < 4.78 is 9.35. The summed E-state index contributed by atoms with van der Waals surface area (Å²) in [6, 6.07) is 38.3. The lowest BCUT2D eigenvalue weighted by atomic mass is 10.0. The number of nitrogens with two attached hydrogens (primary N) is 4. The third kappa shape index (κ3) is 17.9. The summed E-state index contributed by atoms with van der Waals surface area (Å²) in [5.74, 6) is 0.0189. The number of anilines is 3. The normalized spacial score (nSPS) is 10.8. The highest BCUT2D eigenvalue weighted by Crippen LogP contribution is 2.22. The average Bonchev–Trinajstić information content (AvgIpc) is 0.812. The number of carbonyl (C=O) groups is 3. The number of benzene rings is 4. The van der Waals surface area contributed by atoms with Crippen LogP contribution < -0.4 is 50.2 Å². The Bertz CT molecular complexity index is 4930. The second-order valence-corrected chi connectivity index (χ2v) is 24.4. The quantitative estimate of drug-likeness (QED) is 0.0435. The molecule has 0 bridgehead atoms. The van der Waals surface area contributed by atoms with Gasteiger partial charge in [0.15, 0.2) is 0 Å². The van der Waals surface area contributed by atoms with Crippen molar-refractivity contribution in [3.63, 3.8) is 0 Å². The summed E-state index contributed by atoms with van der Waals surface area (Å²) in [6.07, 6.45) is 9.75.